The largest absolute Gasteiger partial charge is 0.483 e. The van der Waals surface area contributed by atoms with Crippen LogP contribution in [0.15, 0.2) is 60.8 Å². The molecule has 1 saturated heterocycles. The number of nitrogens with zero attached hydrogens (tertiary/aromatic N) is 1. The van der Waals surface area contributed by atoms with Gasteiger partial charge >= 0.3 is 12.1 Å². The van der Waals surface area contributed by atoms with Gasteiger partial charge in [-0.05, 0) is 60.6 Å². The number of methoxy groups -OCH3 is 1. The van der Waals surface area contributed by atoms with Gasteiger partial charge in [0.2, 0.25) is 5.91 Å². The van der Waals surface area contributed by atoms with Crippen LogP contribution in [0.5, 0.6) is 0 Å². The molecule has 1 aromatic heterocycles. The number of carboxylic acid groups (broad SMARTS) is 1. The number of rotatable bonds is 7. The number of likely N-dealkylation sites (tertiary alicyclic amines) is 1. The Morgan fingerprint density at radius 1 is 1.10 bits per heavy atom. The molecule has 1 aliphatic heterocycles. The molecular formula is C29H30F3N3O6. The summed E-state index contributed by atoms with van der Waals surface area (Å²) in [5, 5.41) is 9.49. The van der Waals surface area contributed by atoms with Crippen molar-refractivity contribution in [2.75, 3.05) is 25.5 Å². The molecule has 0 saturated carbocycles. The number of anilines is 1. The first-order valence-electron chi connectivity index (χ1n) is 12.8. The molecular weight excluding hydrogens is 543 g/mol. The quantitative estimate of drug-likeness (QED) is 0.266. The van der Waals surface area contributed by atoms with Gasteiger partial charge in [-0.15, -0.1) is 0 Å². The van der Waals surface area contributed by atoms with E-state index in [0.29, 0.717) is 37.2 Å². The van der Waals surface area contributed by atoms with Gasteiger partial charge in [-0.3, -0.25) is 14.4 Å². The highest BCUT2D eigenvalue weighted by molar-refractivity contribution is 6.03. The second kappa shape index (κ2) is 14.1. The highest BCUT2D eigenvalue weighted by Crippen LogP contribution is 2.31. The van der Waals surface area contributed by atoms with Crippen molar-refractivity contribution in [1.82, 2.24) is 9.88 Å². The number of benzene rings is 2. The number of halogens is 3. The number of H-pyrrole nitrogens is 1. The minimum atomic E-state index is -4.52. The van der Waals surface area contributed by atoms with E-state index in [2.05, 4.69) is 10.3 Å². The van der Waals surface area contributed by atoms with Crippen LogP contribution < -0.4 is 5.32 Å². The summed E-state index contributed by atoms with van der Waals surface area (Å²) in [6.45, 7) is 0.990. The van der Waals surface area contributed by atoms with E-state index < -0.39 is 23.6 Å². The number of nitrogens with one attached hydrogen (secondary N) is 2. The maximum absolute atomic E-state index is 12.8. The van der Waals surface area contributed by atoms with E-state index in [1.807, 2.05) is 29.2 Å². The number of hydrogen-bond acceptors (Lipinski definition) is 5. The first-order valence-corrected chi connectivity index (χ1v) is 12.8. The van der Waals surface area contributed by atoms with E-state index >= 15 is 0 Å². The Morgan fingerprint density at radius 3 is 2.32 bits per heavy atom. The van der Waals surface area contributed by atoms with Crippen molar-refractivity contribution in [3.8, 4) is 0 Å². The maximum atomic E-state index is 12.8. The van der Waals surface area contributed by atoms with E-state index in [1.54, 1.807) is 24.3 Å². The molecule has 1 fully saturated rings. The van der Waals surface area contributed by atoms with Crippen LogP contribution in [0.25, 0.3) is 0 Å². The Kier molecular flexibility index (Phi) is 10.7. The van der Waals surface area contributed by atoms with E-state index in [0.717, 1.165) is 36.2 Å². The zero-order valence-corrected chi connectivity index (χ0v) is 22.2. The van der Waals surface area contributed by atoms with Crippen LogP contribution in [0, 0.1) is 0 Å². The lowest BCUT2D eigenvalue weighted by Gasteiger charge is -2.32. The Balaban J connectivity index is 0.00000147. The summed E-state index contributed by atoms with van der Waals surface area (Å²) in [7, 11) is 1.33. The third kappa shape index (κ3) is 8.44. The maximum Gasteiger partial charge on any atom is 0.417 e. The molecule has 41 heavy (non-hydrogen) atoms. The molecule has 2 aromatic carbocycles. The number of aromatic nitrogens is 1. The molecule has 0 bridgehead atoms. The lowest BCUT2D eigenvalue weighted by Crippen LogP contribution is -2.38. The number of hydrogen-bond donors (Lipinski definition) is 3. The molecule has 2 heterocycles. The molecule has 0 spiro atoms. The summed E-state index contributed by atoms with van der Waals surface area (Å²) in [4.78, 5) is 49.6. The summed E-state index contributed by atoms with van der Waals surface area (Å²) in [6.07, 6.45) is -1.42. The van der Waals surface area contributed by atoms with Crippen molar-refractivity contribution in [2.24, 2.45) is 0 Å². The molecule has 0 aliphatic carbocycles. The smallest absolute Gasteiger partial charge is 0.417 e. The molecule has 0 radical (unpaired) electrons. The summed E-state index contributed by atoms with van der Waals surface area (Å²) in [5.41, 5.74) is 1.72. The van der Waals surface area contributed by atoms with E-state index in [4.69, 9.17) is 14.6 Å². The van der Waals surface area contributed by atoms with Crippen LogP contribution in [0.1, 0.15) is 62.7 Å². The second-order valence-corrected chi connectivity index (χ2v) is 9.29. The number of carbonyl (C=O) groups excluding carboxylic acids is 3. The number of amides is 2. The van der Waals surface area contributed by atoms with Gasteiger partial charge in [0.05, 0.1) is 18.2 Å². The van der Waals surface area contributed by atoms with Gasteiger partial charge in [0.15, 0.2) is 0 Å². The SMILES string of the molecule is COC(=O)c1ccccc1CCC(=O)N1CCC(c2ccc(NC(=O)c3cc(C(F)(F)F)c[nH]3)cc2)CC1.O=CO. The zero-order valence-electron chi connectivity index (χ0n) is 22.2. The normalized spacial score (nSPS) is 13.5. The number of aromatic amines is 1. The van der Waals surface area contributed by atoms with E-state index in [-0.39, 0.29) is 24.0 Å². The Labute approximate surface area is 234 Å². The zero-order chi connectivity index (χ0) is 30.0. The first kappa shape index (κ1) is 30.9. The van der Waals surface area contributed by atoms with Crippen molar-refractivity contribution in [3.05, 3.63) is 88.7 Å². The highest BCUT2D eigenvalue weighted by atomic mass is 19.4. The molecule has 218 valence electrons. The van der Waals surface area contributed by atoms with Crippen molar-refractivity contribution in [2.45, 2.75) is 37.8 Å². The monoisotopic (exact) mass is 573 g/mol. The van der Waals surface area contributed by atoms with Crippen molar-refractivity contribution < 1.29 is 42.2 Å². The number of piperidine rings is 1. The van der Waals surface area contributed by atoms with Gasteiger partial charge in [0.1, 0.15) is 5.69 Å². The topological polar surface area (TPSA) is 129 Å². The number of ether oxygens (including phenoxy) is 1. The average molecular weight is 574 g/mol. The van der Waals surface area contributed by atoms with Crippen LogP contribution >= 0.6 is 0 Å². The Bertz CT molecular complexity index is 1350. The molecule has 2 amide bonds. The predicted molar refractivity (Wildman–Crippen MR) is 144 cm³/mol. The van der Waals surface area contributed by atoms with E-state index in [1.165, 1.54) is 7.11 Å². The van der Waals surface area contributed by atoms with Gasteiger partial charge in [-0.25, -0.2) is 4.79 Å². The molecule has 3 N–H and O–H groups in total. The van der Waals surface area contributed by atoms with Gasteiger partial charge in [-0.1, -0.05) is 30.3 Å². The summed E-state index contributed by atoms with van der Waals surface area (Å²) < 4.78 is 43.1. The van der Waals surface area contributed by atoms with Crippen LogP contribution in [-0.2, 0) is 26.9 Å². The molecule has 0 unspecified atom stereocenters. The fraction of sp³-hybridized carbons (Fsp3) is 0.310. The minimum Gasteiger partial charge on any atom is -0.483 e. The highest BCUT2D eigenvalue weighted by Gasteiger charge is 2.32. The van der Waals surface area contributed by atoms with Gasteiger partial charge in [0, 0.05) is 31.4 Å². The van der Waals surface area contributed by atoms with Crippen molar-refractivity contribution in [1.29, 1.82) is 0 Å². The Hall–Kier alpha value is -4.61. The van der Waals surface area contributed by atoms with Gasteiger partial charge in [0.25, 0.3) is 12.4 Å². The number of alkyl halides is 3. The Morgan fingerprint density at radius 2 is 1.73 bits per heavy atom. The summed E-state index contributed by atoms with van der Waals surface area (Å²) in [6, 6.07) is 15.1. The lowest BCUT2D eigenvalue weighted by molar-refractivity contribution is -0.137. The number of carbonyl (C=O) groups is 4. The average Bonchev–Trinajstić information content (AvgIpc) is 3.48. The van der Waals surface area contributed by atoms with Crippen LogP contribution in [-0.4, -0.2) is 59.4 Å². The van der Waals surface area contributed by atoms with Crippen LogP contribution in [0.4, 0.5) is 18.9 Å². The molecule has 3 aromatic rings. The fourth-order valence-electron chi connectivity index (χ4n) is 4.64. The van der Waals surface area contributed by atoms with Gasteiger partial charge in [-0.2, -0.15) is 13.2 Å². The third-order valence-corrected chi connectivity index (χ3v) is 6.77. The van der Waals surface area contributed by atoms with Crippen LogP contribution in [0.2, 0.25) is 0 Å². The van der Waals surface area contributed by atoms with Crippen molar-refractivity contribution in [3.63, 3.8) is 0 Å². The first-order chi connectivity index (χ1) is 19.6. The molecule has 9 nitrogen and oxygen atoms in total. The van der Waals surface area contributed by atoms with Crippen LogP contribution in [0.3, 0.4) is 0 Å². The van der Waals surface area contributed by atoms with Gasteiger partial charge < -0.3 is 25.0 Å². The predicted octanol–water partition coefficient (Wildman–Crippen LogP) is 5.11. The number of aryl methyl sites for hydroxylation is 1. The molecule has 0 atom stereocenters. The standard InChI is InChI=1S/C28H28F3N3O4.CH2O2/c1-38-27(37)23-5-3-2-4-20(23)8-11-25(35)34-14-12-19(13-15-34)18-6-9-22(10-7-18)33-26(36)24-16-21(17-32-24)28(29,30)31;2-1-3/h2-7,9-10,16-17,19,32H,8,11-15H2,1H3,(H,33,36);1H,(H,2,3). The van der Waals surface area contributed by atoms with Crippen molar-refractivity contribution >= 4 is 29.9 Å². The minimum absolute atomic E-state index is 0.0409. The molecule has 12 heteroatoms. The molecule has 4 rings (SSSR count). The fourth-order valence-corrected chi connectivity index (χ4v) is 4.64. The number of esters is 1. The summed E-state index contributed by atoms with van der Waals surface area (Å²) >= 11 is 0. The summed E-state index contributed by atoms with van der Waals surface area (Å²) in [5.74, 6) is -0.783. The van der Waals surface area contributed by atoms with E-state index in [9.17, 15) is 27.6 Å². The second-order valence-electron chi connectivity index (χ2n) is 9.29. The lowest BCUT2D eigenvalue weighted by atomic mass is 9.89. The molecule has 1 aliphatic rings. The third-order valence-electron chi connectivity index (χ3n) is 6.77.